The topological polar surface area (TPSA) is 35.6 Å². The van der Waals surface area contributed by atoms with Crippen LogP contribution < -0.4 is 5.32 Å². The van der Waals surface area contributed by atoms with Crippen molar-refractivity contribution in [2.45, 2.75) is 18.5 Å². The Morgan fingerprint density at radius 2 is 2.00 bits per heavy atom. The van der Waals surface area contributed by atoms with Gasteiger partial charge in [-0.3, -0.25) is 4.90 Å². The molecule has 96 valence electrons. The minimum absolute atomic E-state index is 0.0259. The van der Waals surface area contributed by atoms with Gasteiger partial charge in [-0.2, -0.15) is 0 Å². The van der Waals surface area contributed by atoms with E-state index in [-0.39, 0.29) is 6.03 Å². The Morgan fingerprint density at radius 3 is 2.56 bits per heavy atom. The fourth-order valence-corrected chi connectivity index (χ4v) is 3.11. The molecule has 0 spiro atoms. The van der Waals surface area contributed by atoms with Crippen LogP contribution in [0.25, 0.3) is 0 Å². The van der Waals surface area contributed by atoms with Gasteiger partial charge in [0.1, 0.15) is 0 Å². The molecule has 0 unspecified atom stereocenters. The number of carbonyl (C=O) groups is 1. The second-order valence-corrected chi connectivity index (χ2v) is 5.99. The van der Waals surface area contributed by atoms with Gasteiger partial charge in [0.15, 0.2) is 0 Å². The summed E-state index contributed by atoms with van der Waals surface area (Å²) in [5.74, 6) is 0. The number of likely N-dealkylation sites (tertiary alicyclic amines) is 2. The average molecular weight is 310 g/mol. The summed E-state index contributed by atoms with van der Waals surface area (Å²) in [6.45, 7) is 1.85. The van der Waals surface area contributed by atoms with Crippen molar-refractivity contribution < 1.29 is 4.79 Å². The molecule has 2 atom stereocenters. The van der Waals surface area contributed by atoms with E-state index in [1.54, 1.807) is 0 Å². The van der Waals surface area contributed by atoms with Gasteiger partial charge in [-0.05, 0) is 37.7 Å². The van der Waals surface area contributed by atoms with Crippen molar-refractivity contribution in [3.05, 3.63) is 28.7 Å². The molecule has 0 aromatic heterocycles. The quantitative estimate of drug-likeness (QED) is 0.864. The molecule has 5 heteroatoms. The third kappa shape index (κ3) is 2.12. The third-order valence-corrected chi connectivity index (χ3v) is 4.40. The van der Waals surface area contributed by atoms with Crippen molar-refractivity contribution >= 4 is 27.6 Å². The lowest BCUT2D eigenvalue weighted by atomic mass is 10.2. The lowest BCUT2D eigenvalue weighted by molar-refractivity contribution is 0.161. The van der Waals surface area contributed by atoms with Crippen LogP contribution in [0.2, 0.25) is 0 Å². The lowest BCUT2D eigenvalue weighted by Gasteiger charge is -2.31. The zero-order chi connectivity index (χ0) is 12.7. The molecule has 2 aliphatic rings. The number of nitrogens with zero attached hydrogens (tertiary/aromatic N) is 2. The lowest BCUT2D eigenvalue weighted by Crippen LogP contribution is -2.48. The number of anilines is 1. The number of amides is 2. The van der Waals surface area contributed by atoms with Gasteiger partial charge in [-0.25, -0.2) is 4.79 Å². The van der Waals surface area contributed by atoms with Crippen molar-refractivity contribution in [3.63, 3.8) is 0 Å². The van der Waals surface area contributed by atoms with Gasteiger partial charge in [0, 0.05) is 35.3 Å². The van der Waals surface area contributed by atoms with E-state index in [0.717, 1.165) is 29.7 Å². The molecular weight excluding hydrogens is 294 g/mol. The Balaban J connectivity index is 1.64. The first-order valence-electron chi connectivity index (χ1n) is 6.17. The first-order valence-corrected chi connectivity index (χ1v) is 6.96. The van der Waals surface area contributed by atoms with Crippen LogP contribution in [0.4, 0.5) is 10.5 Å². The molecule has 1 N–H and O–H groups in total. The van der Waals surface area contributed by atoms with Crippen molar-refractivity contribution in [1.82, 2.24) is 9.80 Å². The second kappa shape index (κ2) is 4.55. The van der Waals surface area contributed by atoms with Crippen LogP contribution in [0.3, 0.4) is 0 Å². The Morgan fingerprint density at radius 1 is 1.28 bits per heavy atom. The number of piperazine rings is 1. The number of urea groups is 1. The van der Waals surface area contributed by atoms with E-state index in [4.69, 9.17) is 0 Å². The number of hydrogen-bond acceptors (Lipinski definition) is 2. The molecule has 0 saturated carbocycles. The van der Waals surface area contributed by atoms with E-state index in [9.17, 15) is 4.79 Å². The standard InChI is InChI=1S/C13H16BrN3O/c1-16-7-12-6-11(16)8-17(12)13(18)15-10-4-2-9(14)3-5-10/h2-5,11-12H,6-8H2,1H3,(H,15,18)/t11-,12-/m0/s1. The molecule has 2 heterocycles. The predicted molar refractivity (Wildman–Crippen MR) is 74.7 cm³/mol. The number of likely N-dealkylation sites (N-methyl/N-ethyl adjacent to an activating group) is 1. The fraction of sp³-hybridized carbons (Fsp3) is 0.462. The van der Waals surface area contributed by atoms with E-state index >= 15 is 0 Å². The minimum atomic E-state index is 0.0259. The second-order valence-electron chi connectivity index (χ2n) is 5.07. The number of rotatable bonds is 1. The maximum atomic E-state index is 12.2. The molecule has 0 aliphatic carbocycles. The molecule has 0 radical (unpaired) electrons. The molecular formula is C13H16BrN3O. The van der Waals surface area contributed by atoms with E-state index < -0.39 is 0 Å². The van der Waals surface area contributed by atoms with Crippen molar-refractivity contribution in [1.29, 1.82) is 0 Å². The van der Waals surface area contributed by atoms with Crippen LogP contribution in [0.15, 0.2) is 28.7 Å². The number of halogens is 1. The SMILES string of the molecule is CN1C[C@@H]2C[C@H]1CN2C(=O)Nc1ccc(Br)cc1. The normalized spacial score (nSPS) is 26.7. The van der Waals surface area contributed by atoms with Gasteiger partial charge < -0.3 is 10.2 Å². The zero-order valence-electron chi connectivity index (χ0n) is 10.3. The third-order valence-electron chi connectivity index (χ3n) is 3.87. The summed E-state index contributed by atoms with van der Waals surface area (Å²) in [6.07, 6.45) is 1.12. The van der Waals surface area contributed by atoms with Gasteiger partial charge in [0.05, 0.1) is 0 Å². The fourth-order valence-electron chi connectivity index (χ4n) is 2.84. The van der Waals surface area contributed by atoms with Crippen LogP contribution in [0.1, 0.15) is 6.42 Å². The van der Waals surface area contributed by atoms with Gasteiger partial charge in [-0.15, -0.1) is 0 Å². The van der Waals surface area contributed by atoms with Crippen molar-refractivity contribution in [2.24, 2.45) is 0 Å². The van der Waals surface area contributed by atoms with Gasteiger partial charge in [0.2, 0.25) is 0 Å². The van der Waals surface area contributed by atoms with E-state index in [1.807, 2.05) is 29.2 Å². The highest BCUT2D eigenvalue weighted by Crippen LogP contribution is 2.29. The molecule has 2 aliphatic heterocycles. The van der Waals surface area contributed by atoms with E-state index in [2.05, 4.69) is 33.2 Å². The Labute approximate surface area is 115 Å². The first kappa shape index (κ1) is 12.0. The van der Waals surface area contributed by atoms with Crippen molar-refractivity contribution in [2.75, 3.05) is 25.5 Å². The summed E-state index contributed by atoms with van der Waals surface area (Å²) in [5.41, 5.74) is 0.847. The maximum Gasteiger partial charge on any atom is 0.322 e. The minimum Gasteiger partial charge on any atom is -0.319 e. The summed E-state index contributed by atoms with van der Waals surface area (Å²) < 4.78 is 1.02. The molecule has 2 amide bonds. The largest absolute Gasteiger partial charge is 0.322 e. The van der Waals surface area contributed by atoms with Crippen molar-refractivity contribution in [3.8, 4) is 0 Å². The van der Waals surface area contributed by atoms with E-state index in [0.29, 0.717) is 12.1 Å². The van der Waals surface area contributed by atoms with Crippen LogP contribution in [-0.4, -0.2) is 48.1 Å². The zero-order valence-corrected chi connectivity index (χ0v) is 11.9. The summed E-state index contributed by atoms with van der Waals surface area (Å²) in [7, 11) is 2.13. The average Bonchev–Trinajstić information content (AvgIpc) is 2.90. The summed E-state index contributed by atoms with van der Waals surface area (Å²) in [4.78, 5) is 16.5. The molecule has 1 aromatic carbocycles. The number of hydrogen-bond donors (Lipinski definition) is 1. The Kier molecular flexibility index (Phi) is 3.03. The van der Waals surface area contributed by atoms with E-state index in [1.165, 1.54) is 0 Å². The Bertz CT molecular complexity index is 460. The van der Waals surface area contributed by atoms with Crippen LogP contribution in [0.5, 0.6) is 0 Å². The number of nitrogens with one attached hydrogen (secondary N) is 1. The highest BCUT2D eigenvalue weighted by molar-refractivity contribution is 9.10. The maximum absolute atomic E-state index is 12.2. The highest BCUT2D eigenvalue weighted by atomic mass is 79.9. The number of fused-ring (bicyclic) bond motifs is 2. The van der Waals surface area contributed by atoms with Gasteiger partial charge >= 0.3 is 6.03 Å². The molecule has 2 saturated heterocycles. The summed E-state index contributed by atoms with van der Waals surface area (Å²) >= 11 is 3.38. The molecule has 4 nitrogen and oxygen atoms in total. The van der Waals surface area contributed by atoms with Crippen LogP contribution in [-0.2, 0) is 0 Å². The highest BCUT2D eigenvalue weighted by Gasteiger charge is 2.43. The van der Waals surface area contributed by atoms with Gasteiger partial charge in [0.25, 0.3) is 0 Å². The molecule has 2 bridgehead atoms. The predicted octanol–water partition coefficient (Wildman–Crippen LogP) is 2.37. The summed E-state index contributed by atoms with van der Waals surface area (Å²) in [6, 6.07) is 8.63. The molecule has 3 rings (SSSR count). The monoisotopic (exact) mass is 309 g/mol. The summed E-state index contributed by atoms with van der Waals surface area (Å²) in [5, 5.41) is 2.96. The number of carbonyl (C=O) groups excluding carboxylic acids is 1. The van der Waals surface area contributed by atoms with Gasteiger partial charge in [-0.1, -0.05) is 15.9 Å². The Hall–Kier alpha value is -1.07. The molecule has 18 heavy (non-hydrogen) atoms. The first-order chi connectivity index (χ1) is 8.63. The van der Waals surface area contributed by atoms with Crippen LogP contribution in [0, 0.1) is 0 Å². The number of benzene rings is 1. The molecule has 1 aromatic rings. The van der Waals surface area contributed by atoms with Crippen LogP contribution >= 0.6 is 15.9 Å². The smallest absolute Gasteiger partial charge is 0.319 e. The molecule has 2 fully saturated rings.